The van der Waals surface area contributed by atoms with Crippen LogP contribution >= 0.6 is 0 Å². The highest BCUT2D eigenvalue weighted by molar-refractivity contribution is 5.37. The van der Waals surface area contributed by atoms with Gasteiger partial charge in [0.2, 0.25) is 5.56 Å². The minimum Gasteiger partial charge on any atom is -0.392 e. The second-order valence-electron chi connectivity index (χ2n) is 2.51. The highest BCUT2D eigenvalue weighted by Gasteiger charge is 2.17. The minimum absolute atomic E-state index is 0.234. The van der Waals surface area contributed by atoms with E-state index in [0.717, 1.165) is 0 Å². The Kier molecular flexibility index (Phi) is 2.94. The molecule has 1 rings (SSSR count). The van der Waals surface area contributed by atoms with Crippen molar-refractivity contribution in [3.8, 4) is 6.07 Å². The van der Waals surface area contributed by atoms with Crippen LogP contribution in [0.4, 0.5) is 8.78 Å². The molecule has 0 spiro atoms. The lowest BCUT2D eigenvalue weighted by atomic mass is 10.1. The third-order valence-corrected chi connectivity index (χ3v) is 1.69. The van der Waals surface area contributed by atoms with Crippen molar-refractivity contribution in [2.75, 3.05) is 0 Å². The number of nitrogens with zero attached hydrogens (tertiary/aromatic N) is 1. The van der Waals surface area contributed by atoms with Crippen LogP contribution in [0.1, 0.15) is 23.2 Å². The van der Waals surface area contributed by atoms with Gasteiger partial charge in [-0.25, -0.2) is 8.78 Å². The first-order valence-electron chi connectivity index (χ1n) is 3.65. The standard InChI is InChI=1S/C8H6F2N2O2/c9-8(10)4-1-7(14)12-6(2-11)5(4)3-13/h1,8,13H,3H2,(H,12,14). The van der Waals surface area contributed by atoms with Crippen molar-refractivity contribution in [1.82, 2.24) is 4.98 Å². The van der Waals surface area contributed by atoms with E-state index in [1.54, 1.807) is 0 Å². The first-order valence-corrected chi connectivity index (χ1v) is 3.65. The van der Waals surface area contributed by atoms with Gasteiger partial charge in [-0.15, -0.1) is 0 Å². The van der Waals surface area contributed by atoms with Gasteiger partial charge in [0.15, 0.2) is 0 Å². The summed E-state index contributed by atoms with van der Waals surface area (Å²) in [5, 5.41) is 17.3. The van der Waals surface area contributed by atoms with Crippen molar-refractivity contribution < 1.29 is 13.9 Å². The predicted molar refractivity (Wildman–Crippen MR) is 42.7 cm³/mol. The molecule has 1 heterocycles. The Morgan fingerprint density at radius 3 is 2.71 bits per heavy atom. The van der Waals surface area contributed by atoms with Crippen molar-refractivity contribution >= 4 is 0 Å². The molecule has 0 saturated heterocycles. The van der Waals surface area contributed by atoms with Crippen LogP contribution in [0.25, 0.3) is 0 Å². The van der Waals surface area contributed by atoms with Crippen LogP contribution in [0.5, 0.6) is 0 Å². The summed E-state index contributed by atoms with van der Waals surface area (Å²) in [7, 11) is 0. The van der Waals surface area contributed by atoms with Crippen molar-refractivity contribution in [2.45, 2.75) is 13.0 Å². The van der Waals surface area contributed by atoms with Crippen molar-refractivity contribution in [3.05, 3.63) is 33.2 Å². The maximum Gasteiger partial charge on any atom is 0.264 e. The molecule has 4 nitrogen and oxygen atoms in total. The average Bonchev–Trinajstić information content (AvgIpc) is 2.16. The summed E-state index contributed by atoms with van der Waals surface area (Å²) in [6.07, 6.45) is -2.88. The lowest BCUT2D eigenvalue weighted by Crippen LogP contribution is -2.13. The zero-order valence-corrected chi connectivity index (χ0v) is 6.92. The topological polar surface area (TPSA) is 76.9 Å². The molecule has 0 unspecified atom stereocenters. The molecule has 74 valence electrons. The van der Waals surface area contributed by atoms with Gasteiger partial charge in [-0.1, -0.05) is 0 Å². The van der Waals surface area contributed by atoms with Gasteiger partial charge in [0.05, 0.1) is 6.61 Å². The Hall–Kier alpha value is -1.74. The SMILES string of the molecule is N#Cc1[nH]c(=O)cc(C(F)F)c1CO. The molecule has 0 saturated carbocycles. The molecule has 0 radical (unpaired) electrons. The number of hydrogen-bond donors (Lipinski definition) is 2. The van der Waals surface area contributed by atoms with E-state index in [0.29, 0.717) is 6.07 Å². The fraction of sp³-hybridized carbons (Fsp3) is 0.250. The molecule has 14 heavy (non-hydrogen) atoms. The van der Waals surface area contributed by atoms with Gasteiger partial charge in [0.25, 0.3) is 6.43 Å². The van der Waals surface area contributed by atoms with E-state index in [4.69, 9.17) is 10.4 Å². The number of nitriles is 1. The largest absolute Gasteiger partial charge is 0.392 e. The summed E-state index contributed by atoms with van der Waals surface area (Å²) in [4.78, 5) is 12.9. The lowest BCUT2D eigenvalue weighted by Gasteiger charge is -2.06. The molecule has 6 heteroatoms. The van der Waals surface area contributed by atoms with E-state index in [1.807, 2.05) is 0 Å². The normalized spacial score (nSPS) is 10.2. The molecular weight excluding hydrogens is 194 g/mol. The number of aromatic amines is 1. The molecular formula is C8H6F2N2O2. The van der Waals surface area contributed by atoms with Gasteiger partial charge >= 0.3 is 0 Å². The molecule has 0 aliphatic heterocycles. The lowest BCUT2D eigenvalue weighted by molar-refractivity contribution is 0.146. The van der Waals surface area contributed by atoms with Gasteiger partial charge < -0.3 is 10.1 Å². The molecule has 0 fully saturated rings. The number of pyridine rings is 1. The Balaban J connectivity index is 3.49. The number of hydrogen-bond acceptors (Lipinski definition) is 3. The second kappa shape index (κ2) is 3.98. The van der Waals surface area contributed by atoms with Crippen molar-refractivity contribution in [2.24, 2.45) is 0 Å². The number of aromatic nitrogens is 1. The quantitative estimate of drug-likeness (QED) is 0.736. The van der Waals surface area contributed by atoms with Crippen LogP contribution in [0.2, 0.25) is 0 Å². The van der Waals surface area contributed by atoms with Crippen LogP contribution in [0.15, 0.2) is 10.9 Å². The van der Waals surface area contributed by atoms with E-state index in [2.05, 4.69) is 4.98 Å². The molecule has 2 N–H and O–H groups in total. The third kappa shape index (κ3) is 1.78. The summed E-state index contributed by atoms with van der Waals surface area (Å²) in [6, 6.07) is 2.21. The van der Waals surface area contributed by atoms with Gasteiger partial charge in [0.1, 0.15) is 11.8 Å². The molecule has 0 bridgehead atoms. The Labute approximate surface area is 77.4 Å². The first kappa shape index (κ1) is 10.3. The predicted octanol–water partition coefficient (Wildman–Crippen LogP) is 0.676. The number of alkyl halides is 2. The van der Waals surface area contributed by atoms with E-state index in [1.165, 1.54) is 6.07 Å². The summed E-state index contributed by atoms with van der Waals surface area (Å²) in [5.74, 6) is 0. The monoisotopic (exact) mass is 200 g/mol. The molecule has 0 aliphatic carbocycles. The average molecular weight is 200 g/mol. The van der Waals surface area contributed by atoms with E-state index < -0.39 is 24.2 Å². The molecule has 0 amide bonds. The number of H-pyrrole nitrogens is 1. The van der Waals surface area contributed by atoms with Gasteiger partial charge in [-0.2, -0.15) is 5.26 Å². The Bertz CT molecular complexity index is 434. The molecule has 0 aromatic carbocycles. The zero-order valence-electron chi connectivity index (χ0n) is 6.92. The van der Waals surface area contributed by atoms with Crippen LogP contribution in [-0.2, 0) is 6.61 Å². The van der Waals surface area contributed by atoms with Gasteiger partial charge in [-0.3, -0.25) is 4.79 Å². The molecule has 0 atom stereocenters. The summed E-state index contributed by atoms with van der Waals surface area (Å²) >= 11 is 0. The van der Waals surface area contributed by atoms with Crippen molar-refractivity contribution in [3.63, 3.8) is 0 Å². The summed E-state index contributed by atoms with van der Waals surface area (Å²) in [5.41, 5.74) is -1.95. The van der Waals surface area contributed by atoms with Crippen molar-refractivity contribution in [1.29, 1.82) is 5.26 Å². The molecule has 1 aromatic rings. The number of aliphatic hydroxyl groups excluding tert-OH is 1. The summed E-state index contributed by atoms with van der Waals surface area (Å²) in [6.45, 7) is -0.709. The zero-order chi connectivity index (χ0) is 10.7. The van der Waals surface area contributed by atoms with Crippen LogP contribution in [-0.4, -0.2) is 10.1 Å². The Morgan fingerprint density at radius 1 is 1.64 bits per heavy atom. The first-order chi connectivity index (χ1) is 6.60. The number of nitrogens with one attached hydrogen (secondary N) is 1. The smallest absolute Gasteiger partial charge is 0.264 e. The number of aliphatic hydroxyl groups is 1. The number of halogens is 2. The van der Waals surface area contributed by atoms with Crippen LogP contribution in [0, 0.1) is 11.3 Å². The second-order valence-corrected chi connectivity index (χ2v) is 2.51. The van der Waals surface area contributed by atoms with E-state index in [9.17, 15) is 13.6 Å². The van der Waals surface area contributed by atoms with E-state index in [-0.39, 0.29) is 11.3 Å². The molecule has 1 aromatic heterocycles. The maximum absolute atomic E-state index is 12.3. The number of rotatable bonds is 2. The highest BCUT2D eigenvalue weighted by Crippen LogP contribution is 2.22. The summed E-state index contributed by atoms with van der Waals surface area (Å²) < 4.78 is 24.7. The highest BCUT2D eigenvalue weighted by atomic mass is 19.3. The van der Waals surface area contributed by atoms with Crippen LogP contribution in [0.3, 0.4) is 0 Å². The fourth-order valence-corrected chi connectivity index (χ4v) is 1.07. The third-order valence-electron chi connectivity index (χ3n) is 1.69. The Morgan fingerprint density at radius 2 is 2.29 bits per heavy atom. The van der Waals surface area contributed by atoms with E-state index >= 15 is 0 Å². The fourth-order valence-electron chi connectivity index (χ4n) is 1.07. The molecule has 0 aliphatic rings. The van der Waals surface area contributed by atoms with Gasteiger partial charge in [0, 0.05) is 17.2 Å². The maximum atomic E-state index is 12.3. The minimum atomic E-state index is -2.88. The van der Waals surface area contributed by atoms with Crippen LogP contribution < -0.4 is 5.56 Å². The van der Waals surface area contributed by atoms with Gasteiger partial charge in [-0.05, 0) is 0 Å².